The summed E-state index contributed by atoms with van der Waals surface area (Å²) in [5.74, 6) is 1.74. The highest BCUT2D eigenvalue weighted by molar-refractivity contribution is 5.39. The van der Waals surface area contributed by atoms with Gasteiger partial charge in [-0.1, -0.05) is 13.0 Å². The zero-order chi connectivity index (χ0) is 15.4. The molecule has 2 N–H and O–H groups in total. The third kappa shape index (κ3) is 3.95. The lowest BCUT2D eigenvalue weighted by atomic mass is 9.90. The van der Waals surface area contributed by atoms with E-state index in [2.05, 4.69) is 54.7 Å². The van der Waals surface area contributed by atoms with E-state index in [1.54, 1.807) is 0 Å². The summed E-state index contributed by atoms with van der Waals surface area (Å²) in [7, 11) is 2.09. The number of nitrogens with zero attached hydrogens (tertiary/aromatic N) is 3. The van der Waals surface area contributed by atoms with Crippen LogP contribution in [0.25, 0.3) is 0 Å². The van der Waals surface area contributed by atoms with Crippen molar-refractivity contribution in [2.75, 3.05) is 25.0 Å². The van der Waals surface area contributed by atoms with Gasteiger partial charge in [-0.25, -0.2) is 4.98 Å². The van der Waals surface area contributed by atoms with Crippen molar-refractivity contribution in [3.63, 3.8) is 0 Å². The summed E-state index contributed by atoms with van der Waals surface area (Å²) in [6.07, 6.45) is 4.59. The number of anilines is 1. The fourth-order valence-electron chi connectivity index (χ4n) is 3.13. The third-order valence-electron chi connectivity index (χ3n) is 4.80. The molecule has 1 fully saturated rings. The molecule has 0 radical (unpaired) electrons. The van der Waals surface area contributed by atoms with E-state index in [9.17, 15) is 0 Å². The van der Waals surface area contributed by atoms with Gasteiger partial charge in [0.05, 0.1) is 0 Å². The van der Waals surface area contributed by atoms with Gasteiger partial charge < -0.3 is 10.6 Å². The van der Waals surface area contributed by atoms with Crippen LogP contribution in [0.2, 0.25) is 0 Å². The Morgan fingerprint density at radius 3 is 2.76 bits per heavy atom. The van der Waals surface area contributed by atoms with Gasteiger partial charge in [0.15, 0.2) is 0 Å². The Kier molecular flexibility index (Phi) is 5.59. The molecule has 1 aliphatic heterocycles. The minimum atomic E-state index is 0.466. The van der Waals surface area contributed by atoms with E-state index in [1.807, 2.05) is 6.20 Å². The molecule has 2 atom stereocenters. The standard InChI is InChI=1S/C17H30N4/c1-13(2)20(4)17-8-7-15(11-19-17)12-21-9-5-6-14(3)16(21)10-18/h7-8,11,13-14,16H,5-6,9-10,12,18H2,1-4H3. The molecule has 0 amide bonds. The van der Waals surface area contributed by atoms with Crippen molar-refractivity contribution in [1.82, 2.24) is 9.88 Å². The average molecular weight is 290 g/mol. The maximum Gasteiger partial charge on any atom is 0.128 e. The van der Waals surface area contributed by atoms with Gasteiger partial charge in [0, 0.05) is 38.4 Å². The fraction of sp³-hybridized carbons (Fsp3) is 0.706. The minimum absolute atomic E-state index is 0.466. The molecule has 2 rings (SSSR count). The van der Waals surface area contributed by atoms with Crippen LogP contribution < -0.4 is 10.6 Å². The van der Waals surface area contributed by atoms with E-state index in [4.69, 9.17) is 5.73 Å². The predicted octanol–water partition coefficient (Wildman–Crippen LogP) is 2.49. The lowest BCUT2D eigenvalue weighted by Crippen LogP contribution is -2.48. The zero-order valence-corrected chi connectivity index (χ0v) is 13.9. The molecule has 21 heavy (non-hydrogen) atoms. The Hall–Kier alpha value is -1.13. The van der Waals surface area contributed by atoms with Gasteiger partial charge in [-0.3, -0.25) is 4.90 Å². The number of hydrogen-bond donors (Lipinski definition) is 1. The van der Waals surface area contributed by atoms with Crippen LogP contribution in [0.5, 0.6) is 0 Å². The molecular weight excluding hydrogens is 260 g/mol. The fourth-order valence-corrected chi connectivity index (χ4v) is 3.13. The number of piperidine rings is 1. The highest BCUT2D eigenvalue weighted by Crippen LogP contribution is 2.24. The topological polar surface area (TPSA) is 45.4 Å². The maximum atomic E-state index is 5.97. The Bertz CT molecular complexity index is 429. The van der Waals surface area contributed by atoms with E-state index in [-0.39, 0.29) is 0 Å². The van der Waals surface area contributed by atoms with E-state index in [0.29, 0.717) is 18.0 Å². The first-order chi connectivity index (χ1) is 10.0. The summed E-state index contributed by atoms with van der Waals surface area (Å²) < 4.78 is 0. The molecule has 0 bridgehead atoms. The quantitative estimate of drug-likeness (QED) is 0.905. The van der Waals surface area contributed by atoms with Gasteiger partial charge in [-0.05, 0) is 50.8 Å². The van der Waals surface area contributed by atoms with E-state index < -0.39 is 0 Å². The maximum absolute atomic E-state index is 5.97. The first kappa shape index (κ1) is 16.2. The van der Waals surface area contributed by atoms with Crippen molar-refractivity contribution >= 4 is 5.82 Å². The van der Waals surface area contributed by atoms with Gasteiger partial charge in [0.2, 0.25) is 0 Å². The van der Waals surface area contributed by atoms with Gasteiger partial charge in [-0.2, -0.15) is 0 Å². The Morgan fingerprint density at radius 1 is 1.43 bits per heavy atom. The van der Waals surface area contributed by atoms with Crippen molar-refractivity contribution in [3.8, 4) is 0 Å². The lowest BCUT2D eigenvalue weighted by Gasteiger charge is -2.39. The number of hydrogen-bond acceptors (Lipinski definition) is 4. The molecule has 0 saturated carbocycles. The van der Waals surface area contributed by atoms with Crippen LogP contribution in [0, 0.1) is 5.92 Å². The molecule has 1 aliphatic rings. The molecule has 118 valence electrons. The molecule has 1 saturated heterocycles. The van der Waals surface area contributed by atoms with Crippen LogP contribution in [0.4, 0.5) is 5.82 Å². The van der Waals surface area contributed by atoms with Gasteiger partial charge in [0.1, 0.15) is 5.82 Å². The van der Waals surface area contributed by atoms with Crippen molar-refractivity contribution in [1.29, 1.82) is 0 Å². The highest BCUT2D eigenvalue weighted by atomic mass is 15.2. The van der Waals surface area contributed by atoms with Crippen molar-refractivity contribution in [2.45, 2.75) is 52.2 Å². The first-order valence-electron chi connectivity index (χ1n) is 8.14. The minimum Gasteiger partial charge on any atom is -0.357 e. The smallest absolute Gasteiger partial charge is 0.128 e. The first-order valence-corrected chi connectivity index (χ1v) is 8.14. The number of nitrogens with two attached hydrogens (primary N) is 1. The summed E-state index contributed by atoms with van der Waals surface area (Å²) in [4.78, 5) is 9.32. The molecular formula is C17H30N4. The molecule has 2 heterocycles. The molecule has 4 heteroatoms. The molecule has 1 aromatic rings. The average Bonchev–Trinajstić information content (AvgIpc) is 2.47. The molecule has 0 aromatic carbocycles. The van der Waals surface area contributed by atoms with Crippen LogP contribution in [0.3, 0.4) is 0 Å². The second-order valence-corrected chi connectivity index (χ2v) is 6.62. The van der Waals surface area contributed by atoms with Crippen LogP contribution in [-0.2, 0) is 6.54 Å². The normalized spacial score (nSPS) is 23.5. The van der Waals surface area contributed by atoms with E-state index in [1.165, 1.54) is 18.4 Å². The summed E-state index contributed by atoms with van der Waals surface area (Å²) >= 11 is 0. The largest absolute Gasteiger partial charge is 0.357 e. The van der Waals surface area contributed by atoms with Crippen LogP contribution in [0.1, 0.15) is 39.2 Å². The van der Waals surface area contributed by atoms with Gasteiger partial charge >= 0.3 is 0 Å². The molecule has 0 aliphatic carbocycles. The summed E-state index contributed by atoms with van der Waals surface area (Å²) in [5.41, 5.74) is 7.25. The van der Waals surface area contributed by atoms with E-state index >= 15 is 0 Å². The van der Waals surface area contributed by atoms with Gasteiger partial charge in [0.25, 0.3) is 0 Å². The Morgan fingerprint density at radius 2 is 2.19 bits per heavy atom. The SMILES string of the molecule is CC1CCCN(Cc2ccc(N(C)C(C)C)nc2)C1CN. The molecule has 0 spiro atoms. The van der Waals surface area contributed by atoms with Crippen LogP contribution in [-0.4, -0.2) is 42.1 Å². The second kappa shape index (κ2) is 7.23. The molecule has 2 unspecified atom stereocenters. The third-order valence-corrected chi connectivity index (χ3v) is 4.80. The van der Waals surface area contributed by atoms with Crippen molar-refractivity contribution in [2.24, 2.45) is 11.7 Å². The number of likely N-dealkylation sites (tertiary alicyclic amines) is 1. The summed E-state index contributed by atoms with van der Waals surface area (Å²) in [6, 6.07) is 5.30. The van der Waals surface area contributed by atoms with Crippen LogP contribution >= 0.6 is 0 Å². The number of pyridine rings is 1. The monoisotopic (exact) mass is 290 g/mol. The van der Waals surface area contributed by atoms with Crippen LogP contribution in [0.15, 0.2) is 18.3 Å². The molecule has 1 aromatic heterocycles. The number of rotatable bonds is 5. The second-order valence-electron chi connectivity index (χ2n) is 6.62. The predicted molar refractivity (Wildman–Crippen MR) is 89.4 cm³/mol. The summed E-state index contributed by atoms with van der Waals surface area (Å²) in [5, 5.41) is 0. The van der Waals surface area contributed by atoms with Crippen molar-refractivity contribution in [3.05, 3.63) is 23.9 Å². The highest BCUT2D eigenvalue weighted by Gasteiger charge is 2.27. The van der Waals surface area contributed by atoms with E-state index in [0.717, 1.165) is 25.5 Å². The Balaban J connectivity index is 2.02. The molecule has 4 nitrogen and oxygen atoms in total. The Labute approximate surface area is 129 Å². The zero-order valence-electron chi connectivity index (χ0n) is 13.9. The summed E-state index contributed by atoms with van der Waals surface area (Å²) in [6.45, 7) is 9.54. The van der Waals surface area contributed by atoms with Gasteiger partial charge in [-0.15, -0.1) is 0 Å². The lowest BCUT2D eigenvalue weighted by molar-refractivity contribution is 0.0990. The van der Waals surface area contributed by atoms with Crippen molar-refractivity contribution < 1.29 is 0 Å². The number of aromatic nitrogens is 1.